The number of fused-ring (bicyclic) bond motifs is 1. The van der Waals surface area contributed by atoms with Gasteiger partial charge in [-0.25, -0.2) is 9.37 Å². The van der Waals surface area contributed by atoms with Gasteiger partial charge in [-0.2, -0.15) is 11.8 Å². The van der Waals surface area contributed by atoms with Crippen LogP contribution in [0.1, 0.15) is 30.9 Å². The summed E-state index contributed by atoms with van der Waals surface area (Å²) in [5.41, 5.74) is 8.34. The molecule has 3 rings (SSSR count). The third kappa shape index (κ3) is 2.00. The predicted molar refractivity (Wildman–Crippen MR) is 79.0 cm³/mol. The Bertz CT molecular complexity index is 623. The summed E-state index contributed by atoms with van der Waals surface area (Å²) in [6.07, 6.45) is 5.70. The van der Waals surface area contributed by atoms with E-state index in [1.54, 1.807) is 6.92 Å². The van der Waals surface area contributed by atoms with Crippen molar-refractivity contribution in [3.63, 3.8) is 0 Å². The lowest BCUT2D eigenvalue weighted by Gasteiger charge is -2.21. The summed E-state index contributed by atoms with van der Waals surface area (Å²) in [7, 11) is 0. The number of nitrogen functional groups attached to an aromatic ring is 1. The number of nitrogens with zero attached hydrogens (tertiary/aromatic N) is 2. The predicted octanol–water partition coefficient (Wildman–Crippen LogP) is 3.52. The molecule has 1 saturated carbocycles. The highest BCUT2D eigenvalue weighted by atomic mass is 32.2. The van der Waals surface area contributed by atoms with Gasteiger partial charge in [0.2, 0.25) is 5.95 Å². The number of benzene rings is 1. The minimum atomic E-state index is -0.218. The smallest absolute Gasteiger partial charge is 0.201 e. The lowest BCUT2D eigenvalue weighted by Crippen LogP contribution is -2.17. The van der Waals surface area contributed by atoms with Gasteiger partial charge in [-0.3, -0.25) is 0 Å². The monoisotopic (exact) mass is 279 g/mol. The Hall–Kier alpha value is -1.23. The third-order valence-corrected chi connectivity index (χ3v) is 5.20. The molecule has 5 heteroatoms. The van der Waals surface area contributed by atoms with E-state index in [-0.39, 0.29) is 5.82 Å². The van der Waals surface area contributed by atoms with E-state index in [0.29, 0.717) is 28.3 Å². The summed E-state index contributed by atoms with van der Waals surface area (Å²) >= 11 is 1.89. The van der Waals surface area contributed by atoms with Crippen molar-refractivity contribution in [1.29, 1.82) is 0 Å². The Morgan fingerprint density at radius 3 is 2.95 bits per heavy atom. The molecule has 19 heavy (non-hydrogen) atoms. The van der Waals surface area contributed by atoms with Crippen LogP contribution in [0, 0.1) is 12.7 Å². The van der Waals surface area contributed by atoms with Crippen LogP contribution in [0.3, 0.4) is 0 Å². The second kappa shape index (κ2) is 4.71. The summed E-state index contributed by atoms with van der Waals surface area (Å²) in [5, 5.41) is 0.574. The molecular formula is C14H18FN3S. The van der Waals surface area contributed by atoms with Gasteiger partial charge < -0.3 is 10.3 Å². The molecular weight excluding hydrogens is 261 g/mol. The maximum absolute atomic E-state index is 13.6. The highest BCUT2D eigenvalue weighted by Gasteiger charge is 2.30. The zero-order valence-corrected chi connectivity index (χ0v) is 12.0. The number of hydrogen-bond donors (Lipinski definition) is 1. The van der Waals surface area contributed by atoms with Gasteiger partial charge in [-0.15, -0.1) is 0 Å². The summed E-state index contributed by atoms with van der Waals surface area (Å²) in [6.45, 7) is 1.78. The summed E-state index contributed by atoms with van der Waals surface area (Å²) in [6, 6.07) is 3.73. The average molecular weight is 279 g/mol. The normalized spacial score (nSPS) is 23.3. The minimum Gasteiger partial charge on any atom is -0.369 e. The molecule has 0 saturated heterocycles. The Balaban J connectivity index is 2.17. The quantitative estimate of drug-likeness (QED) is 0.914. The van der Waals surface area contributed by atoms with Gasteiger partial charge >= 0.3 is 0 Å². The van der Waals surface area contributed by atoms with Crippen LogP contribution in [-0.2, 0) is 0 Å². The molecule has 2 aromatic rings. The van der Waals surface area contributed by atoms with Crippen molar-refractivity contribution < 1.29 is 4.39 Å². The molecule has 3 nitrogen and oxygen atoms in total. The molecule has 1 aliphatic rings. The maximum Gasteiger partial charge on any atom is 0.201 e. The van der Waals surface area contributed by atoms with Crippen molar-refractivity contribution in [1.82, 2.24) is 9.55 Å². The standard InChI is InChI=1S/C14H18FN3S/c1-8-6-12-10(7-9(8)15)17-14(16)18(12)11-4-3-5-13(11)19-2/h6-7,11,13H,3-5H2,1-2H3,(H2,16,17). The van der Waals surface area contributed by atoms with Crippen molar-refractivity contribution in [2.75, 3.05) is 12.0 Å². The van der Waals surface area contributed by atoms with Crippen molar-refractivity contribution in [3.8, 4) is 0 Å². The van der Waals surface area contributed by atoms with Crippen LogP contribution >= 0.6 is 11.8 Å². The largest absolute Gasteiger partial charge is 0.369 e. The fourth-order valence-corrected chi connectivity index (χ4v) is 4.04. The van der Waals surface area contributed by atoms with E-state index in [2.05, 4.69) is 15.8 Å². The summed E-state index contributed by atoms with van der Waals surface area (Å²) in [4.78, 5) is 4.32. The van der Waals surface area contributed by atoms with Crippen molar-refractivity contribution in [2.24, 2.45) is 0 Å². The van der Waals surface area contributed by atoms with Crippen LogP contribution in [0.4, 0.5) is 10.3 Å². The molecule has 1 fully saturated rings. The van der Waals surface area contributed by atoms with E-state index >= 15 is 0 Å². The Morgan fingerprint density at radius 2 is 2.21 bits per heavy atom. The molecule has 1 heterocycles. The lowest BCUT2D eigenvalue weighted by molar-refractivity contribution is 0.549. The number of anilines is 1. The number of aryl methyl sites for hydroxylation is 1. The van der Waals surface area contributed by atoms with Crippen molar-refractivity contribution >= 4 is 28.7 Å². The Kier molecular flexibility index (Phi) is 3.17. The van der Waals surface area contributed by atoms with E-state index in [9.17, 15) is 4.39 Å². The molecule has 0 radical (unpaired) electrons. The summed E-state index contributed by atoms with van der Waals surface area (Å²) < 4.78 is 15.7. The molecule has 1 aromatic heterocycles. The van der Waals surface area contributed by atoms with Crippen LogP contribution in [-0.4, -0.2) is 21.1 Å². The lowest BCUT2D eigenvalue weighted by atomic mass is 10.2. The zero-order chi connectivity index (χ0) is 13.6. The molecule has 102 valence electrons. The van der Waals surface area contributed by atoms with Crippen LogP contribution in [0.2, 0.25) is 0 Å². The van der Waals surface area contributed by atoms with Gasteiger partial charge in [0.1, 0.15) is 5.82 Å². The van der Waals surface area contributed by atoms with Crippen LogP contribution < -0.4 is 5.73 Å². The number of halogens is 1. The molecule has 2 unspecified atom stereocenters. The Labute approximate surface area is 116 Å². The first-order chi connectivity index (χ1) is 9.11. The van der Waals surface area contributed by atoms with Gasteiger partial charge in [0, 0.05) is 17.4 Å². The number of aromatic nitrogens is 2. The fourth-order valence-electron chi connectivity index (χ4n) is 3.06. The molecule has 0 amide bonds. The molecule has 0 aliphatic heterocycles. The highest BCUT2D eigenvalue weighted by molar-refractivity contribution is 7.99. The highest BCUT2D eigenvalue weighted by Crippen LogP contribution is 2.40. The molecule has 1 aliphatic carbocycles. The van der Waals surface area contributed by atoms with Gasteiger partial charge in [0.15, 0.2) is 0 Å². The number of thioether (sulfide) groups is 1. The second-order valence-corrected chi connectivity index (χ2v) is 6.28. The SMILES string of the molecule is CSC1CCCC1n1c(N)nc2cc(F)c(C)cc21. The Morgan fingerprint density at radius 1 is 1.42 bits per heavy atom. The van der Waals surface area contributed by atoms with Gasteiger partial charge in [-0.1, -0.05) is 6.42 Å². The number of nitrogens with two attached hydrogens (primary N) is 1. The van der Waals surface area contributed by atoms with Crippen LogP contribution in [0.25, 0.3) is 11.0 Å². The molecule has 2 atom stereocenters. The van der Waals surface area contributed by atoms with E-state index in [0.717, 1.165) is 11.9 Å². The first-order valence-corrected chi connectivity index (χ1v) is 7.87. The van der Waals surface area contributed by atoms with Crippen molar-refractivity contribution in [2.45, 2.75) is 37.5 Å². The molecule has 0 spiro atoms. The van der Waals surface area contributed by atoms with Gasteiger partial charge in [0.25, 0.3) is 0 Å². The number of rotatable bonds is 2. The summed E-state index contributed by atoms with van der Waals surface area (Å²) in [5.74, 6) is 0.288. The van der Waals surface area contributed by atoms with Crippen LogP contribution in [0.15, 0.2) is 12.1 Å². The van der Waals surface area contributed by atoms with Crippen molar-refractivity contribution in [3.05, 3.63) is 23.5 Å². The third-order valence-electron chi connectivity index (χ3n) is 4.05. The fraction of sp³-hybridized carbons (Fsp3) is 0.500. The zero-order valence-electron chi connectivity index (χ0n) is 11.2. The van der Waals surface area contributed by atoms with E-state index in [1.165, 1.54) is 18.9 Å². The average Bonchev–Trinajstić information content (AvgIpc) is 2.93. The first-order valence-electron chi connectivity index (χ1n) is 6.58. The molecule has 0 bridgehead atoms. The molecule has 2 N–H and O–H groups in total. The van der Waals surface area contributed by atoms with Crippen LogP contribution in [0.5, 0.6) is 0 Å². The van der Waals surface area contributed by atoms with E-state index in [1.807, 2.05) is 17.8 Å². The van der Waals surface area contributed by atoms with Gasteiger partial charge in [0.05, 0.1) is 11.0 Å². The minimum absolute atomic E-state index is 0.218. The number of imidazole rings is 1. The second-order valence-electron chi connectivity index (χ2n) is 5.20. The van der Waals surface area contributed by atoms with E-state index in [4.69, 9.17) is 5.73 Å². The van der Waals surface area contributed by atoms with Gasteiger partial charge in [-0.05, 0) is 37.7 Å². The number of hydrogen-bond acceptors (Lipinski definition) is 3. The topological polar surface area (TPSA) is 43.8 Å². The first kappa shape index (κ1) is 12.8. The van der Waals surface area contributed by atoms with E-state index < -0.39 is 0 Å². The molecule has 1 aromatic carbocycles. The maximum atomic E-state index is 13.6.